The van der Waals surface area contributed by atoms with Gasteiger partial charge in [0.25, 0.3) is 0 Å². The molecule has 0 aromatic carbocycles. The maximum absolute atomic E-state index is 12.1. The second-order valence-electron chi connectivity index (χ2n) is 7.30. The van der Waals surface area contributed by atoms with Gasteiger partial charge < -0.3 is 14.4 Å². The van der Waals surface area contributed by atoms with Crippen molar-refractivity contribution in [2.24, 2.45) is 5.92 Å². The van der Waals surface area contributed by atoms with Crippen molar-refractivity contribution in [2.75, 3.05) is 13.1 Å². The first-order valence-corrected chi connectivity index (χ1v) is 7.19. The Morgan fingerprint density at radius 2 is 1.55 bits per heavy atom. The summed E-state index contributed by atoms with van der Waals surface area (Å²) in [5, 5.41) is 0. The van der Waals surface area contributed by atoms with Crippen molar-refractivity contribution >= 4 is 12.1 Å². The summed E-state index contributed by atoms with van der Waals surface area (Å²) in [7, 11) is 0. The van der Waals surface area contributed by atoms with Gasteiger partial charge in [-0.15, -0.1) is 0 Å². The SMILES string of the molecule is CC(C)(C)OC(=O)[C@H]1CCCN(C(=O)OC(C)(C)C)C1. The minimum Gasteiger partial charge on any atom is -0.460 e. The molecule has 1 atom stereocenters. The minimum atomic E-state index is -0.518. The van der Waals surface area contributed by atoms with Gasteiger partial charge in [0.15, 0.2) is 0 Å². The first-order valence-electron chi connectivity index (χ1n) is 7.19. The van der Waals surface area contributed by atoms with Gasteiger partial charge in [0.05, 0.1) is 5.92 Å². The van der Waals surface area contributed by atoms with Crippen LogP contribution in [0.3, 0.4) is 0 Å². The molecule has 0 saturated carbocycles. The van der Waals surface area contributed by atoms with Crippen LogP contribution in [0, 0.1) is 5.92 Å². The van der Waals surface area contributed by atoms with Gasteiger partial charge in [0, 0.05) is 13.1 Å². The summed E-state index contributed by atoms with van der Waals surface area (Å²) in [4.78, 5) is 25.7. The predicted molar refractivity (Wildman–Crippen MR) is 76.4 cm³/mol. The topological polar surface area (TPSA) is 55.8 Å². The maximum Gasteiger partial charge on any atom is 0.410 e. The van der Waals surface area contributed by atoms with E-state index in [1.807, 2.05) is 41.5 Å². The molecule has 116 valence electrons. The molecule has 1 heterocycles. The fourth-order valence-electron chi connectivity index (χ4n) is 2.05. The van der Waals surface area contributed by atoms with E-state index in [-0.39, 0.29) is 18.0 Å². The van der Waals surface area contributed by atoms with E-state index in [0.29, 0.717) is 13.1 Å². The molecular weight excluding hydrogens is 258 g/mol. The van der Waals surface area contributed by atoms with Crippen LogP contribution in [-0.2, 0) is 14.3 Å². The number of rotatable bonds is 1. The molecule has 20 heavy (non-hydrogen) atoms. The molecule has 5 nitrogen and oxygen atoms in total. The summed E-state index contributed by atoms with van der Waals surface area (Å²) < 4.78 is 10.7. The number of piperidine rings is 1. The van der Waals surface area contributed by atoms with Crippen molar-refractivity contribution in [3.8, 4) is 0 Å². The fourth-order valence-corrected chi connectivity index (χ4v) is 2.05. The van der Waals surface area contributed by atoms with Crippen LogP contribution in [0.1, 0.15) is 54.4 Å². The van der Waals surface area contributed by atoms with Gasteiger partial charge in [-0.1, -0.05) is 0 Å². The Morgan fingerprint density at radius 1 is 1.00 bits per heavy atom. The Labute approximate surface area is 121 Å². The van der Waals surface area contributed by atoms with Gasteiger partial charge in [-0.3, -0.25) is 4.79 Å². The summed E-state index contributed by atoms with van der Waals surface area (Å²) in [5.41, 5.74) is -1.01. The first-order chi connectivity index (χ1) is 8.98. The highest BCUT2D eigenvalue weighted by Crippen LogP contribution is 2.22. The average Bonchev–Trinajstić information content (AvgIpc) is 2.24. The molecule has 0 spiro atoms. The van der Waals surface area contributed by atoms with Crippen LogP contribution >= 0.6 is 0 Å². The lowest BCUT2D eigenvalue weighted by molar-refractivity contribution is -0.161. The van der Waals surface area contributed by atoms with E-state index in [1.54, 1.807) is 4.90 Å². The number of carbonyl (C=O) groups is 2. The van der Waals surface area contributed by atoms with Gasteiger partial charge in [0.1, 0.15) is 11.2 Å². The Kier molecular flexibility index (Phi) is 5.05. The lowest BCUT2D eigenvalue weighted by atomic mass is 9.98. The molecule has 0 aromatic heterocycles. The van der Waals surface area contributed by atoms with E-state index in [0.717, 1.165) is 12.8 Å². The van der Waals surface area contributed by atoms with Crippen molar-refractivity contribution in [2.45, 2.75) is 65.6 Å². The van der Waals surface area contributed by atoms with Gasteiger partial charge in [-0.05, 0) is 54.4 Å². The summed E-state index contributed by atoms with van der Waals surface area (Å²) in [5.74, 6) is -0.485. The largest absolute Gasteiger partial charge is 0.460 e. The Bertz CT molecular complexity index is 331. The van der Waals surface area contributed by atoms with Gasteiger partial charge >= 0.3 is 12.1 Å². The molecular formula is C15H27NO4. The molecule has 1 saturated heterocycles. The molecule has 1 fully saturated rings. The summed E-state index contributed by atoms with van der Waals surface area (Å²) in [6.45, 7) is 12.1. The lowest BCUT2D eigenvalue weighted by Gasteiger charge is -2.34. The standard InChI is InChI=1S/C15H27NO4/c1-14(2,3)19-12(17)11-8-7-9-16(10-11)13(18)20-15(4,5)6/h11H,7-10H2,1-6H3/t11-/m0/s1. The van der Waals surface area contributed by atoms with Gasteiger partial charge in [0.2, 0.25) is 0 Å². The highest BCUT2D eigenvalue weighted by molar-refractivity contribution is 5.75. The van der Waals surface area contributed by atoms with E-state index in [1.165, 1.54) is 0 Å². The third-order valence-electron chi connectivity index (χ3n) is 2.81. The number of hydrogen-bond acceptors (Lipinski definition) is 4. The monoisotopic (exact) mass is 285 g/mol. The van der Waals surface area contributed by atoms with Crippen LogP contribution in [0.25, 0.3) is 0 Å². The van der Waals surface area contributed by atoms with E-state index in [4.69, 9.17) is 9.47 Å². The van der Waals surface area contributed by atoms with Crippen LogP contribution in [-0.4, -0.2) is 41.3 Å². The quantitative estimate of drug-likeness (QED) is 0.695. The summed E-state index contributed by atoms with van der Waals surface area (Å²) in [6, 6.07) is 0. The van der Waals surface area contributed by atoms with E-state index in [2.05, 4.69) is 0 Å². The van der Waals surface area contributed by atoms with E-state index < -0.39 is 11.2 Å². The van der Waals surface area contributed by atoms with Crippen molar-refractivity contribution < 1.29 is 19.1 Å². The van der Waals surface area contributed by atoms with Gasteiger partial charge in [-0.25, -0.2) is 4.79 Å². The third kappa shape index (κ3) is 5.80. The molecule has 1 aliphatic heterocycles. The highest BCUT2D eigenvalue weighted by atomic mass is 16.6. The Balaban J connectivity index is 2.58. The molecule has 1 rings (SSSR count). The molecule has 0 unspecified atom stereocenters. The normalized spacial score (nSPS) is 20.5. The second kappa shape index (κ2) is 6.02. The molecule has 0 N–H and O–H groups in total. The molecule has 0 bridgehead atoms. The fraction of sp³-hybridized carbons (Fsp3) is 0.867. The second-order valence-corrected chi connectivity index (χ2v) is 7.30. The Morgan fingerprint density at radius 3 is 2.05 bits per heavy atom. The number of ether oxygens (including phenoxy) is 2. The molecule has 1 aliphatic rings. The molecule has 0 aliphatic carbocycles. The van der Waals surface area contributed by atoms with Crippen molar-refractivity contribution in [3.05, 3.63) is 0 Å². The number of esters is 1. The number of likely N-dealkylation sites (tertiary alicyclic amines) is 1. The van der Waals surface area contributed by atoms with Crippen molar-refractivity contribution in [1.29, 1.82) is 0 Å². The number of carbonyl (C=O) groups excluding carboxylic acids is 2. The predicted octanol–water partition coefficient (Wildman–Crippen LogP) is 2.98. The number of nitrogens with zero attached hydrogens (tertiary/aromatic N) is 1. The van der Waals surface area contributed by atoms with Crippen LogP contribution in [0.2, 0.25) is 0 Å². The maximum atomic E-state index is 12.1. The van der Waals surface area contributed by atoms with E-state index >= 15 is 0 Å². The van der Waals surface area contributed by atoms with E-state index in [9.17, 15) is 9.59 Å². The molecule has 1 amide bonds. The first kappa shape index (κ1) is 16.8. The molecule has 0 radical (unpaired) electrons. The van der Waals surface area contributed by atoms with Crippen molar-refractivity contribution in [1.82, 2.24) is 4.90 Å². The van der Waals surface area contributed by atoms with Crippen LogP contribution in [0.5, 0.6) is 0 Å². The molecule has 0 aromatic rings. The zero-order valence-electron chi connectivity index (χ0n) is 13.5. The van der Waals surface area contributed by atoms with Crippen LogP contribution in [0.15, 0.2) is 0 Å². The lowest BCUT2D eigenvalue weighted by Crippen LogP contribution is -2.45. The zero-order chi connectivity index (χ0) is 15.6. The molecule has 5 heteroatoms. The Hall–Kier alpha value is -1.26. The number of amides is 1. The summed E-state index contributed by atoms with van der Waals surface area (Å²) >= 11 is 0. The third-order valence-corrected chi connectivity index (χ3v) is 2.81. The van der Waals surface area contributed by atoms with Crippen LogP contribution in [0.4, 0.5) is 4.79 Å². The smallest absolute Gasteiger partial charge is 0.410 e. The van der Waals surface area contributed by atoms with Gasteiger partial charge in [-0.2, -0.15) is 0 Å². The minimum absolute atomic E-state index is 0.231. The van der Waals surface area contributed by atoms with Crippen LogP contribution < -0.4 is 0 Å². The zero-order valence-corrected chi connectivity index (χ0v) is 13.5. The average molecular weight is 285 g/mol. The highest BCUT2D eigenvalue weighted by Gasteiger charge is 2.33. The number of hydrogen-bond donors (Lipinski definition) is 0. The summed E-state index contributed by atoms with van der Waals surface area (Å²) in [6.07, 6.45) is 1.20. The van der Waals surface area contributed by atoms with Crippen molar-refractivity contribution in [3.63, 3.8) is 0 Å².